The fraction of sp³-hybridized carbons (Fsp3) is 0.167. The summed E-state index contributed by atoms with van der Waals surface area (Å²) in [5, 5.41) is 9.63. The highest BCUT2D eigenvalue weighted by Gasteiger charge is 2.32. The van der Waals surface area contributed by atoms with Gasteiger partial charge in [0.25, 0.3) is 0 Å². The van der Waals surface area contributed by atoms with Crippen molar-refractivity contribution >= 4 is 17.3 Å². The SMILES string of the molecule is Cc1cc(C(F)(F)F)cc(O)c1/C(N)=C/C=C(\N)Cl. The molecule has 0 unspecified atom stereocenters. The first-order chi connectivity index (χ1) is 8.62. The Labute approximate surface area is 113 Å². The quantitative estimate of drug-likeness (QED) is 0.579. The minimum absolute atomic E-state index is 0.0352. The molecule has 7 heteroatoms. The van der Waals surface area contributed by atoms with Crippen LogP contribution >= 0.6 is 11.6 Å². The summed E-state index contributed by atoms with van der Waals surface area (Å²) >= 11 is 5.40. The zero-order chi connectivity index (χ0) is 14.8. The minimum Gasteiger partial charge on any atom is -0.507 e. The fourth-order valence-electron chi connectivity index (χ4n) is 1.56. The van der Waals surface area contributed by atoms with Crippen LogP contribution < -0.4 is 11.5 Å². The molecule has 19 heavy (non-hydrogen) atoms. The molecule has 0 bridgehead atoms. The summed E-state index contributed by atoms with van der Waals surface area (Å²) in [6, 6.07) is 1.53. The maximum Gasteiger partial charge on any atom is 0.416 e. The molecule has 0 atom stereocenters. The summed E-state index contributed by atoms with van der Waals surface area (Å²) < 4.78 is 37.6. The van der Waals surface area contributed by atoms with E-state index in [1.807, 2.05) is 0 Å². The lowest BCUT2D eigenvalue weighted by atomic mass is 10.0. The Kier molecular flexibility index (Phi) is 4.36. The van der Waals surface area contributed by atoms with Gasteiger partial charge in [0.05, 0.1) is 10.7 Å². The van der Waals surface area contributed by atoms with E-state index in [2.05, 4.69) is 0 Å². The average Bonchev–Trinajstić information content (AvgIpc) is 2.24. The Balaban J connectivity index is 3.33. The molecule has 0 heterocycles. The zero-order valence-corrected chi connectivity index (χ0v) is 10.7. The van der Waals surface area contributed by atoms with E-state index in [1.165, 1.54) is 19.1 Å². The molecule has 0 aliphatic carbocycles. The van der Waals surface area contributed by atoms with Crippen molar-refractivity contribution in [3.63, 3.8) is 0 Å². The Morgan fingerprint density at radius 1 is 1.26 bits per heavy atom. The highest BCUT2D eigenvalue weighted by Crippen LogP contribution is 2.36. The number of phenols is 1. The smallest absolute Gasteiger partial charge is 0.416 e. The van der Waals surface area contributed by atoms with Gasteiger partial charge in [-0.25, -0.2) is 0 Å². The lowest BCUT2D eigenvalue weighted by Crippen LogP contribution is -2.07. The van der Waals surface area contributed by atoms with Crippen molar-refractivity contribution in [2.75, 3.05) is 0 Å². The van der Waals surface area contributed by atoms with E-state index in [-0.39, 0.29) is 22.0 Å². The van der Waals surface area contributed by atoms with Crippen molar-refractivity contribution in [2.45, 2.75) is 13.1 Å². The van der Waals surface area contributed by atoms with Crippen molar-refractivity contribution in [1.82, 2.24) is 0 Å². The largest absolute Gasteiger partial charge is 0.507 e. The predicted octanol–water partition coefficient (Wildman–Crippen LogP) is 3.06. The van der Waals surface area contributed by atoms with Crippen molar-refractivity contribution in [3.05, 3.63) is 46.1 Å². The normalized spacial score (nSPS) is 13.7. The number of alkyl halides is 3. The van der Waals surface area contributed by atoms with Crippen LogP contribution in [0.4, 0.5) is 13.2 Å². The van der Waals surface area contributed by atoms with Gasteiger partial charge in [-0.2, -0.15) is 13.2 Å². The second-order valence-corrected chi connectivity index (χ2v) is 4.30. The molecule has 0 aliphatic heterocycles. The van der Waals surface area contributed by atoms with Crippen LogP contribution in [0.1, 0.15) is 16.7 Å². The van der Waals surface area contributed by atoms with Crippen LogP contribution in [0, 0.1) is 6.92 Å². The second-order valence-electron chi connectivity index (χ2n) is 3.86. The van der Waals surface area contributed by atoms with Gasteiger partial charge >= 0.3 is 6.18 Å². The molecule has 5 N–H and O–H groups in total. The number of aromatic hydroxyl groups is 1. The number of rotatable bonds is 2. The first-order valence-corrected chi connectivity index (χ1v) is 5.50. The van der Waals surface area contributed by atoms with Crippen LogP contribution in [0.2, 0.25) is 0 Å². The second kappa shape index (κ2) is 5.44. The summed E-state index contributed by atoms with van der Waals surface area (Å²) in [7, 11) is 0. The van der Waals surface area contributed by atoms with Gasteiger partial charge in [0, 0.05) is 11.3 Å². The molecular formula is C12H12ClF3N2O. The highest BCUT2D eigenvalue weighted by atomic mass is 35.5. The third-order valence-electron chi connectivity index (χ3n) is 2.35. The topological polar surface area (TPSA) is 72.3 Å². The number of halogens is 4. The molecule has 0 spiro atoms. The number of benzene rings is 1. The maximum atomic E-state index is 12.5. The monoisotopic (exact) mass is 292 g/mol. The van der Waals surface area contributed by atoms with Crippen molar-refractivity contribution in [3.8, 4) is 5.75 Å². The van der Waals surface area contributed by atoms with Crippen LogP contribution in [0.15, 0.2) is 29.4 Å². The molecular weight excluding hydrogens is 281 g/mol. The van der Waals surface area contributed by atoms with Gasteiger partial charge in [-0.1, -0.05) is 11.6 Å². The summed E-state index contributed by atoms with van der Waals surface area (Å²) in [5.41, 5.74) is 10.3. The van der Waals surface area contributed by atoms with Gasteiger partial charge in [0.15, 0.2) is 0 Å². The third-order valence-corrected chi connectivity index (χ3v) is 2.48. The number of hydrogen-bond acceptors (Lipinski definition) is 3. The number of aryl methyl sites for hydroxylation is 1. The van der Waals surface area contributed by atoms with E-state index in [9.17, 15) is 18.3 Å². The molecule has 1 rings (SSSR count). The molecule has 1 aromatic carbocycles. The van der Waals surface area contributed by atoms with Gasteiger partial charge in [-0.05, 0) is 36.8 Å². The molecule has 0 aliphatic rings. The Bertz CT molecular complexity index is 523. The number of nitrogens with two attached hydrogens (primary N) is 2. The van der Waals surface area contributed by atoms with Crippen LogP contribution in [0.5, 0.6) is 5.75 Å². The van der Waals surface area contributed by atoms with Gasteiger partial charge in [0.1, 0.15) is 5.75 Å². The van der Waals surface area contributed by atoms with Crippen LogP contribution in [-0.2, 0) is 6.18 Å². The summed E-state index contributed by atoms with van der Waals surface area (Å²) in [4.78, 5) is 0. The maximum absolute atomic E-state index is 12.5. The van der Waals surface area contributed by atoms with E-state index < -0.39 is 17.5 Å². The van der Waals surface area contributed by atoms with Crippen LogP contribution in [0.25, 0.3) is 5.70 Å². The molecule has 3 nitrogen and oxygen atoms in total. The first-order valence-electron chi connectivity index (χ1n) is 5.12. The number of hydrogen-bond donors (Lipinski definition) is 3. The van der Waals surface area contributed by atoms with Gasteiger partial charge in [-0.3, -0.25) is 0 Å². The molecule has 0 aromatic heterocycles. The molecule has 1 aromatic rings. The highest BCUT2D eigenvalue weighted by molar-refractivity contribution is 6.29. The average molecular weight is 293 g/mol. The summed E-state index contributed by atoms with van der Waals surface area (Å²) in [5.74, 6) is -0.553. The van der Waals surface area contributed by atoms with Gasteiger partial charge < -0.3 is 16.6 Å². The molecule has 0 radical (unpaired) electrons. The predicted molar refractivity (Wildman–Crippen MR) is 68.1 cm³/mol. The van der Waals surface area contributed by atoms with Crippen molar-refractivity contribution in [1.29, 1.82) is 0 Å². The molecule has 0 amide bonds. The summed E-state index contributed by atoms with van der Waals surface area (Å²) in [6.45, 7) is 1.42. The standard InChI is InChI=1S/C12H12ClF3N2O/c1-6-4-7(12(14,15)16)5-9(19)11(6)8(17)2-3-10(13)18/h2-5,19H,17-18H2,1H3/b8-2-,10-3-. The van der Waals surface area contributed by atoms with Crippen molar-refractivity contribution < 1.29 is 18.3 Å². The third kappa shape index (κ3) is 3.82. The van der Waals surface area contributed by atoms with E-state index in [0.717, 1.165) is 6.07 Å². The first kappa shape index (κ1) is 15.2. The number of phenolic OH excluding ortho intramolecular Hbond substituents is 1. The van der Waals surface area contributed by atoms with E-state index in [0.29, 0.717) is 6.07 Å². The lowest BCUT2D eigenvalue weighted by molar-refractivity contribution is -0.137. The molecule has 0 fully saturated rings. The van der Waals surface area contributed by atoms with E-state index >= 15 is 0 Å². The fourth-order valence-corrected chi connectivity index (χ4v) is 1.62. The minimum atomic E-state index is -4.53. The molecule has 0 saturated heterocycles. The molecule has 104 valence electrons. The van der Waals surface area contributed by atoms with Crippen LogP contribution in [0.3, 0.4) is 0 Å². The Morgan fingerprint density at radius 3 is 2.26 bits per heavy atom. The van der Waals surface area contributed by atoms with E-state index in [1.54, 1.807) is 0 Å². The zero-order valence-electron chi connectivity index (χ0n) is 9.92. The number of allylic oxidation sites excluding steroid dienone is 2. The Hall–Kier alpha value is -1.82. The van der Waals surface area contributed by atoms with Crippen molar-refractivity contribution in [2.24, 2.45) is 11.5 Å². The lowest BCUT2D eigenvalue weighted by Gasteiger charge is -2.13. The summed E-state index contributed by atoms with van der Waals surface area (Å²) in [6.07, 6.45) is -1.95. The Morgan fingerprint density at radius 2 is 1.84 bits per heavy atom. The van der Waals surface area contributed by atoms with Gasteiger partial charge in [0.2, 0.25) is 0 Å². The molecule has 0 saturated carbocycles. The van der Waals surface area contributed by atoms with E-state index in [4.69, 9.17) is 23.1 Å². The van der Waals surface area contributed by atoms with Crippen LogP contribution in [-0.4, -0.2) is 5.11 Å². The van der Waals surface area contributed by atoms with Gasteiger partial charge in [-0.15, -0.1) is 0 Å².